The van der Waals surface area contributed by atoms with Crippen LogP contribution in [0.5, 0.6) is 0 Å². The summed E-state index contributed by atoms with van der Waals surface area (Å²) < 4.78 is 0. The van der Waals surface area contributed by atoms with Gasteiger partial charge in [-0.05, 0) is 63.5 Å². The molecule has 0 radical (unpaired) electrons. The number of hydrogen-bond acceptors (Lipinski definition) is 3. The molecule has 4 N–H and O–H groups in total. The Kier molecular flexibility index (Phi) is 3.15. The van der Waals surface area contributed by atoms with Crippen LogP contribution in [0.25, 0.3) is 0 Å². The molecule has 3 aliphatic carbocycles. The Morgan fingerprint density at radius 2 is 2.05 bits per heavy atom. The lowest BCUT2D eigenvalue weighted by atomic mass is 9.59. The number of carbonyl (C=O) groups excluding carboxylic acids is 1. The fraction of sp³-hybridized carbons (Fsp3) is 0.933. The molecule has 3 saturated carbocycles. The predicted octanol–water partition coefficient (Wildman–Crippen LogP) is 0.568. The molecule has 2 amide bonds. The standard InChI is InChI=1S/C15H26N4O/c20-14(17-9-10-1-2-16-8-10)19-15-5-11(6-15)3-12-4-13(7-15)18-12/h10-13,16,18H,1-9H2,(H2,17,19,20)/t10?,11?,12-,13+,15?/m1/s1. The van der Waals surface area contributed by atoms with Crippen molar-refractivity contribution in [1.82, 2.24) is 21.3 Å². The van der Waals surface area contributed by atoms with E-state index in [1.807, 2.05) is 0 Å². The maximum atomic E-state index is 12.2. The molecule has 7 aliphatic rings. The molecule has 0 aromatic heterocycles. The third kappa shape index (κ3) is 2.42. The Labute approximate surface area is 120 Å². The van der Waals surface area contributed by atoms with Crippen molar-refractivity contribution in [3.8, 4) is 0 Å². The minimum absolute atomic E-state index is 0.0480. The van der Waals surface area contributed by atoms with Gasteiger partial charge in [0.05, 0.1) is 0 Å². The van der Waals surface area contributed by atoms with Crippen molar-refractivity contribution < 1.29 is 4.79 Å². The average molecular weight is 278 g/mol. The molecular weight excluding hydrogens is 252 g/mol. The van der Waals surface area contributed by atoms with Crippen molar-refractivity contribution in [3.05, 3.63) is 0 Å². The van der Waals surface area contributed by atoms with E-state index in [1.165, 1.54) is 32.1 Å². The van der Waals surface area contributed by atoms with Crippen LogP contribution in [0, 0.1) is 11.8 Å². The summed E-state index contributed by atoms with van der Waals surface area (Å²) in [5.41, 5.74) is 0.0890. The molecule has 3 atom stereocenters. The van der Waals surface area contributed by atoms with Crippen LogP contribution < -0.4 is 21.3 Å². The van der Waals surface area contributed by atoms with E-state index >= 15 is 0 Å². The highest BCUT2D eigenvalue weighted by atomic mass is 16.2. The first-order valence-corrected chi connectivity index (χ1v) is 8.24. The van der Waals surface area contributed by atoms with Crippen LogP contribution in [-0.2, 0) is 0 Å². The zero-order valence-electron chi connectivity index (χ0n) is 12.1. The predicted molar refractivity (Wildman–Crippen MR) is 77.5 cm³/mol. The van der Waals surface area contributed by atoms with Gasteiger partial charge in [-0.15, -0.1) is 0 Å². The molecule has 0 aromatic rings. The first-order valence-electron chi connectivity index (χ1n) is 8.24. The van der Waals surface area contributed by atoms with Gasteiger partial charge < -0.3 is 21.3 Å². The summed E-state index contributed by atoms with van der Waals surface area (Å²) in [5, 5.41) is 13.3. The lowest BCUT2D eigenvalue weighted by Crippen LogP contribution is -2.68. The van der Waals surface area contributed by atoms with Crippen LogP contribution >= 0.6 is 0 Å². The van der Waals surface area contributed by atoms with E-state index in [4.69, 9.17) is 0 Å². The van der Waals surface area contributed by atoms with Gasteiger partial charge in [0, 0.05) is 24.2 Å². The van der Waals surface area contributed by atoms with Crippen LogP contribution in [0.3, 0.4) is 0 Å². The van der Waals surface area contributed by atoms with Gasteiger partial charge in [0.1, 0.15) is 0 Å². The number of carbonyl (C=O) groups is 1. The number of nitrogens with one attached hydrogen (secondary N) is 4. The third-order valence-corrected chi connectivity index (χ3v) is 5.75. The lowest BCUT2D eigenvalue weighted by Gasteiger charge is -2.57. The number of amides is 2. The maximum absolute atomic E-state index is 12.2. The number of hydrogen-bond donors (Lipinski definition) is 4. The van der Waals surface area contributed by atoms with Gasteiger partial charge in [-0.2, -0.15) is 0 Å². The summed E-state index contributed by atoms with van der Waals surface area (Å²) in [7, 11) is 0. The van der Waals surface area contributed by atoms with Crippen LogP contribution in [-0.4, -0.2) is 43.3 Å². The molecule has 5 nitrogen and oxygen atoms in total. The van der Waals surface area contributed by atoms with E-state index in [0.29, 0.717) is 12.0 Å². The highest BCUT2D eigenvalue weighted by Crippen LogP contribution is 2.48. The van der Waals surface area contributed by atoms with Crippen LogP contribution in [0.15, 0.2) is 0 Å². The van der Waals surface area contributed by atoms with E-state index in [9.17, 15) is 4.79 Å². The molecular formula is C15H26N4O. The van der Waals surface area contributed by atoms with Crippen molar-refractivity contribution in [1.29, 1.82) is 0 Å². The summed E-state index contributed by atoms with van der Waals surface area (Å²) in [6, 6.07) is 1.46. The van der Waals surface area contributed by atoms with Crippen molar-refractivity contribution in [2.45, 2.75) is 56.1 Å². The second kappa shape index (κ2) is 4.88. The van der Waals surface area contributed by atoms with E-state index in [0.717, 1.165) is 38.0 Å². The van der Waals surface area contributed by atoms with E-state index < -0.39 is 0 Å². The van der Waals surface area contributed by atoms with E-state index in [-0.39, 0.29) is 11.6 Å². The van der Waals surface area contributed by atoms with Crippen molar-refractivity contribution in [2.75, 3.05) is 19.6 Å². The highest BCUT2D eigenvalue weighted by molar-refractivity contribution is 5.75. The molecule has 4 aliphatic heterocycles. The molecule has 7 fully saturated rings. The normalized spacial score (nSPS) is 45.6. The topological polar surface area (TPSA) is 65.2 Å². The van der Waals surface area contributed by atoms with Crippen LogP contribution in [0.4, 0.5) is 4.79 Å². The second-order valence-corrected chi connectivity index (χ2v) is 7.48. The number of rotatable bonds is 3. The van der Waals surface area contributed by atoms with Crippen molar-refractivity contribution in [3.63, 3.8) is 0 Å². The lowest BCUT2D eigenvalue weighted by molar-refractivity contribution is 0.0166. The zero-order valence-corrected chi connectivity index (χ0v) is 12.1. The Morgan fingerprint density at radius 3 is 2.80 bits per heavy atom. The zero-order chi connectivity index (χ0) is 13.6. The Morgan fingerprint density at radius 1 is 1.20 bits per heavy atom. The van der Waals surface area contributed by atoms with Gasteiger partial charge in [-0.25, -0.2) is 4.79 Å². The second-order valence-electron chi connectivity index (χ2n) is 7.48. The summed E-state index contributed by atoms with van der Waals surface area (Å²) in [6.45, 7) is 2.94. The number of urea groups is 1. The molecule has 20 heavy (non-hydrogen) atoms. The van der Waals surface area contributed by atoms with Crippen molar-refractivity contribution in [2.24, 2.45) is 11.8 Å². The fourth-order valence-corrected chi connectivity index (χ4v) is 4.78. The van der Waals surface area contributed by atoms with Gasteiger partial charge in [0.25, 0.3) is 0 Å². The van der Waals surface area contributed by atoms with Crippen LogP contribution in [0.2, 0.25) is 0 Å². The average Bonchev–Trinajstić information content (AvgIpc) is 2.78. The highest BCUT2D eigenvalue weighted by Gasteiger charge is 2.51. The monoisotopic (exact) mass is 278 g/mol. The first-order chi connectivity index (χ1) is 9.71. The fourth-order valence-electron chi connectivity index (χ4n) is 4.78. The molecule has 0 aromatic carbocycles. The molecule has 1 unspecified atom stereocenters. The van der Waals surface area contributed by atoms with Gasteiger partial charge in [-0.1, -0.05) is 0 Å². The molecule has 112 valence electrons. The van der Waals surface area contributed by atoms with E-state index in [1.54, 1.807) is 0 Å². The quantitative estimate of drug-likeness (QED) is 0.610. The Bertz CT molecular complexity index is 381. The van der Waals surface area contributed by atoms with Crippen LogP contribution in [0.1, 0.15) is 38.5 Å². The van der Waals surface area contributed by atoms with Gasteiger partial charge in [-0.3, -0.25) is 0 Å². The summed E-state index contributed by atoms with van der Waals surface area (Å²) >= 11 is 0. The summed E-state index contributed by atoms with van der Waals surface area (Å²) in [6.07, 6.45) is 7.32. The van der Waals surface area contributed by atoms with Gasteiger partial charge >= 0.3 is 6.03 Å². The maximum Gasteiger partial charge on any atom is 0.315 e. The smallest absolute Gasteiger partial charge is 0.315 e. The minimum atomic E-state index is 0.0480. The molecule has 7 rings (SSSR count). The van der Waals surface area contributed by atoms with Crippen molar-refractivity contribution >= 4 is 6.03 Å². The van der Waals surface area contributed by atoms with Gasteiger partial charge in [0.2, 0.25) is 0 Å². The van der Waals surface area contributed by atoms with E-state index in [2.05, 4.69) is 21.3 Å². The minimum Gasteiger partial charge on any atom is -0.338 e. The molecule has 4 saturated heterocycles. The SMILES string of the molecule is O=C(NCC1CCNC1)NC12CC(C[C@@H]3C[C@@H](C1)N3)C2. The summed E-state index contributed by atoms with van der Waals surface area (Å²) in [4.78, 5) is 12.2. The molecule has 5 heteroatoms. The third-order valence-electron chi connectivity index (χ3n) is 5.75. The van der Waals surface area contributed by atoms with Gasteiger partial charge in [0.15, 0.2) is 0 Å². The Balaban J connectivity index is 1.28. The largest absolute Gasteiger partial charge is 0.338 e. The first kappa shape index (κ1) is 12.9. The molecule has 0 spiro atoms. The molecule has 4 bridgehead atoms. The Hall–Kier alpha value is -0.810. The summed E-state index contributed by atoms with van der Waals surface area (Å²) in [5.74, 6) is 1.44. The molecule has 4 heterocycles.